The van der Waals surface area contributed by atoms with Crippen LogP contribution >= 0.6 is 0 Å². The Morgan fingerprint density at radius 2 is 2.20 bits per heavy atom. The molecule has 2 heteroatoms. The van der Waals surface area contributed by atoms with Crippen LogP contribution in [0.1, 0.15) is 26.2 Å². The molecular weight excluding hydrogens is 126 g/mol. The summed E-state index contributed by atoms with van der Waals surface area (Å²) in [6.45, 7) is 3.92. The summed E-state index contributed by atoms with van der Waals surface area (Å²) in [5, 5.41) is 0. The van der Waals surface area contributed by atoms with Crippen molar-refractivity contribution in [3.63, 3.8) is 0 Å². The van der Waals surface area contributed by atoms with Crippen molar-refractivity contribution in [2.24, 2.45) is 11.1 Å². The zero-order chi connectivity index (χ0) is 7.24. The maximum atomic E-state index is 5.63. The Hall–Kier alpha value is -0.0800. The minimum Gasteiger partial charge on any atom is -0.373 e. The molecule has 10 heavy (non-hydrogen) atoms. The number of ether oxygens (including phenoxy) is 1. The van der Waals surface area contributed by atoms with Gasteiger partial charge in [-0.2, -0.15) is 0 Å². The van der Waals surface area contributed by atoms with Crippen LogP contribution in [0.5, 0.6) is 0 Å². The third-order valence-electron chi connectivity index (χ3n) is 3.20. The van der Waals surface area contributed by atoms with E-state index in [0.717, 1.165) is 13.2 Å². The van der Waals surface area contributed by atoms with Gasteiger partial charge in [0.15, 0.2) is 0 Å². The first-order chi connectivity index (χ1) is 4.74. The van der Waals surface area contributed by atoms with E-state index in [2.05, 4.69) is 6.92 Å². The van der Waals surface area contributed by atoms with Crippen LogP contribution < -0.4 is 5.73 Å². The van der Waals surface area contributed by atoms with Gasteiger partial charge in [0.2, 0.25) is 0 Å². The molecule has 0 atom stereocenters. The number of hydrogen-bond donors (Lipinski definition) is 1. The average Bonchev–Trinajstić information content (AvgIpc) is 2.40. The van der Waals surface area contributed by atoms with E-state index in [1.807, 2.05) is 0 Å². The van der Waals surface area contributed by atoms with Crippen LogP contribution in [0.15, 0.2) is 0 Å². The van der Waals surface area contributed by atoms with E-state index in [1.54, 1.807) is 0 Å². The molecule has 3 fully saturated rings. The van der Waals surface area contributed by atoms with E-state index in [4.69, 9.17) is 10.5 Å². The molecule has 2 nitrogen and oxygen atoms in total. The summed E-state index contributed by atoms with van der Waals surface area (Å²) in [5.74, 6) is 0. The maximum Gasteiger partial charge on any atom is 0.0816 e. The normalized spacial score (nSPS) is 51.0. The van der Waals surface area contributed by atoms with E-state index in [1.165, 1.54) is 19.3 Å². The Morgan fingerprint density at radius 1 is 1.50 bits per heavy atom. The minimum atomic E-state index is 0.121. The predicted molar refractivity (Wildman–Crippen MR) is 39.7 cm³/mol. The van der Waals surface area contributed by atoms with Crippen LogP contribution in [0.3, 0.4) is 0 Å². The third-order valence-corrected chi connectivity index (χ3v) is 3.20. The quantitative estimate of drug-likeness (QED) is 0.620. The standard InChI is InChI=1S/C8H15NO/c1-2-7-3-8(4-7,5-9)10-6-7/h2-6,9H2,1H3. The topological polar surface area (TPSA) is 35.2 Å². The molecule has 58 valence electrons. The Kier molecular flexibility index (Phi) is 1.15. The van der Waals surface area contributed by atoms with Crippen molar-refractivity contribution in [3.8, 4) is 0 Å². The molecule has 0 amide bonds. The monoisotopic (exact) mass is 141 g/mol. The van der Waals surface area contributed by atoms with Crippen molar-refractivity contribution in [3.05, 3.63) is 0 Å². The largest absolute Gasteiger partial charge is 0.373 e. The molecule has 0 aromatic heterocycles. The van der Waals surface area contributed by atoms with Gasteiger partial charge in [0.1, 0.15) is 0 Å². The molecule has 2 aliphatic heterocycles. The summed E-state index contributed by atoms with van der Waals surface area (Å²) in [6.07, 6.45) is 3.69. The Labute approximate surface area is 61.7 Å². The molecule has 2 bridgehead atoms. The predicted octanol–water partition coefficient (Wildman–Crippen LogP) is 0.904. The summed E-state index contributed by atoms with van der Waals surface area (Å²) in [6, 6.07) is 0. The maximum absolute atomic E-state index is 5.63. The summed E-state index contributed by atoms with van der Waals surface area (Å²) in [4.78, 5) is 0. The lowest BCUT2D eigenvalue weighted by molar-refractivity contribution is -0.00683. The molecule has 0 spiro atoms. The van der Waals surface area contributed by atoms with E-state index >= 15 is 0 Å². The number of fused-ring (bicyclic) bond motifs is 1. The van der Waals surface area contributed by atoms with Gasteiger partial charge in [0.25, 0.3) is 0 Å². The smallest absolute Gasteiger partial charge is 0.0816 e. The van der Waals surface area contributed by atoms with Gasteiger partial charge < -0.3 is 10.5 Å². The first-order valence-corrected chi connectivity index (χ1v) is 4.08. The van der Waals surface area contributed by atoms with Crippen molar-refractivity contribution in [2.75, 3.05) is 13.2 Å². The lowest BCUT2D eigenvalue weighted by atomic mass is 9.61. The lowest BCUT2D eigenvalue weighted by Crippen LogP contribution is -2.48. The number of hydrogen-bond acceptors (Lipinski definition) is 2. The molecule has 2 N–H and O–H groups in total. The highest BCUT2D eigenvalue weighted by Crippen LogP contribution is 2.58. The Balaban J connectivity index is 2.06. The zero-order valence-electron chi connectivity index (χ0n) is 6.52. The van der Waals surface area contributed by atoms with Crippen LogP contribution in [0.2, 0.25) is 0 Å². The van der Waals surface area contributed by atoms with Gasteiger partial charge in [-0.15, -0.1) is 0 Å². The van der Waals surface area contributed by atoms with Gasteiger partial charge in [-0.25, -0.2) is 0 Å². The molecular formula is C8H15NO. The van der Waals surface area contributed by atoms with Crippen LogP contribution in [-0.2, 0) is 4.74 Å². The first kappa shape index (κ1) is 6.62. The molecule has 0 aromatic rings. The fourth-order valence-electron chi connectivity index (χ4n) is 2.38. The summed E-state index contributed by atoms with van der Waals surface area (Å²) in [5.41, 5.74) is 6.26. The fraction of sp³-hybridized carbons (Fsp3) is 1.00. The molecule has 1 aliphatic carbocycles. The highest BCUT2D eigenvalue weighted by atomic mass is 16.5. The van der Waals surface area contributed by atoms with E-state index < -0.39 is 0 Å². The molecule has 1 saturated carbocycles. The van der Waals surface area contributed by atoms with Gasteiger partial charge in [-0.3, -0.25) is 0 Å². The summed E-state index contributed by atoms with van der Waals surface area (Å²) < 4.78 is 5.63. The molecule has 2 heterocycles. The van der Waals surface area contributed by atoms with Crippen molar-refractivity contribution in [2.45, 2.75) is 31.8 Å². The minimum absolute atomic E-state index is 0.121. The number of nitrogens with two attached hydrogens (primary N) is 1. The van der Waals surface area contributed by atoms with E-state index in [-0.39, 0.29) is 5.60 Å². The van der Waals surface area contributed by atoms with E-state index in [9.17, 15) is 0 Å². The molecule has 3 rings (SSSR count). The molecule has 2 saturated heterocycles. The fourth-order valence-corrected chi connectivity index (χ4v) is 2.38. The van der Waals surface area contributed by atoms with Gasteiger partial charge in [0, 0.05) is 6.54 Å². The van der Waals surface area contributed by atoms with Crippen LogP contribution in [0, 0.1) is 5.41 Å². The van der Waals surface area contributed by atoms with Gasteiger partial charge in [-0.05, 0) is 24.7 Å². The van der Waals surface area contributed by atoms with Gasteiger partial charge >= 0.3 is 0 Å². The zero-order valence-corrected chi connectivity index (χ0v) is 6.52. The van der Waals surface area contributed by atoms with Crippen molar-refractivity contribution >= 4 is 0 Å². The second-order valence-electron chi connectivity index (χ2n) is 3.88. The molecule has 0 unspecified atom stereocenters. The Bertz CT molecular complexity index is 133. The number of rotatable bonds is 2. The first-order valence-electron chi connectivity index (χ1n) is 4.08. The molecule has 0 radical (unpaired) electrons. The highest BCUT2D eigenvalue weighted by Gasteiger charge is 2.60. The Morgan fingerprint density at radius 3 is 2.50 bits per heavy atom. The lowest BCUT2D eigenvalue weighted by Gasteiger charge is -2.43. The van der Waals surface area contributed by atoms with Crippen molar-refractivity contribution in [1.29, 1.82) is 0 Å². The second-order valence-corrected chi connectivity index (χ2v) is 3.88. The SMILES string of the molecule is CCC12COC(CN)(C1)C2. The third kappa shape index (κ3) is 0.611. The van der Waals surface area contributed by atoms with Crippen LogP contribution in [-0.4, -0.2) is 18.8 Å². The van der Waals surface area contributed by atoms with E-state index in [0.29, 0.717) is 5.41 Å². The van der Waals surface area contributed by atoms with Crippen LogP contribution in [0.4, 0.5) is 0 Å². The summed E-state index contributed by atoms with van der Waals surface area (Å²) >= 11 is 0. The van der Waals surface area contributed by atoms with Crippen LogP contribution in [0.25, 0.3) is 0 Å². The van der Waals surface area contributed by atoms with Gasteiger partial charge in [0.05, 0.1) is 12.2 Å². The van der Waals surface area contributed by atoms with Crippen molar-refractivity contribution in [1.82, 2.24) is 0 Å². The second kappa shape index (κ2) is 1.74. The van der Waals surface area contributed by atoms with Gasteiger partial charge in [-0.1, -0.05) is 6.92 Å². The molecule has 3 aliphatic rings. The summed E-state index contributed by atoms with van der Waals surface area (Å²) in [7, 11) is 0. The highest BCUT2D eigenvalue weighted by molar-refractivity contribution is 5.10. The average molecular weight is 141 g/mol. The molecule has 0 aromatic carbocycles. The van der Waals surface area contributed by atoms with Crippen molar-refractivity contribution < 1.29 is 4.74 Å².